The molecule has 1 aliphatic rings. The minimum absolute atomic E-state index is 0.0394. The lowest BCUT2D eigenvalue weighted by Crippen LogP contribution is -2.29. The zero-order chi connectivity index (χ0) is 10.8. The van der Waals surface area contributed by atoms with E-state index >= 15 is 0 Å². The fraction of sp³-hybridized carbons (Fsp3) is 1.00. The van der Waals surface area contributed by atoms with E-state index in [1.54, 1.807) is 6.92 Å². The summed E-state index contributed by atoms with van der Waals surface area (Å²) in [5, 5.41) is -0.0394. The highest BCUT2D eigenvalue weighted by Crippen LogP contribution is 2.32. The topological polar surface area (TPSA) is 34.1 Å². The van der Waals surface area contributed by atoms with Crippen molar-refractivity contribution >= 4 is 9.84 Å². The summed E-state index contributed by atoms with van der Waals surface area (Å²) in [5.41, 5.74) is 0. The average Bonchev–Trinajstić information content (AvgIpc) is 2.18. The summed E-state index contributed by atoms with van der Waals surface area (Å²) in [5.74, 6) is 1.77. The van der Waals surface area contributed by atoms with Crippen LogP contribution in [0.5, 0.6) is 0 Å². The molecule has 0 saturated heterocycles. The molecule has 0 unspecified atom stereocenters. The van der Waals surface area contributed by atoms with Crippen LogP contribution in [0.2, 0.25) is 0 Å². The van der Waals surface area contributed by atoms with Gasteiger partial charge in [-0.05, 0) is 37.5 Å². The molecule has 14 heavy (non-hydrogen) atoms. The van der Waals surface area contributed by atoms with Gasteiger partial charge in [0.1, 0.15) is 0 Å². The van der Waals surface area contributed by atoms with E-state index in [1.807, 2.05) is 0 Å². The van der Waals surface area contributed by atoms with Crippen LogP contribution in [0.4, 0.5) is 0 Å². The van der Waals surface area contributed by atoms with Gasteiger partial charge in [0.05, 0.1) is 5.25 Å². The second-order valence-electron chi connectivity index (χ2n) is 4.73. The van der Waals surface area contributed by atoms with Gasteiger partial charge in [0.25, 0.3) is 0 Å². The zero-order valence-electron chi connectivity index (χ0n) is 9.49. The SMILES string of the molecule is CCS(=O)(=O)C1CCC(C(C)C)CC1. The van der Waals surface area contributed by atoms with Crippen molar-refractivity contribution in [2.45, 2.75) is 51.7 Å². The quantitative estimate of drug-likeness (QED) is 0.730. The Kier molecular flexibility index (Phi) is 3.99. The molecule has 1 saturated carbocycles. The minimum Gasteiger partial charge on any atom is -0.229 e. The van der Waals surface area contributed by atoms with E-state index in [4.69, 9.17) is 0 Å². The Morgan fingerprint density at radius 2 is 1.64 bits per heavy atom. The van der Waals surface area contributed by atoms with Crippen LogP contribution in [-0.4, -0.2) is 19.4 Å². The van der Waals surface area contributed by atoms with E-state index < -0.39 is 9.84 Å². The van der Waals surface area contributed by atoms with Gasteiger partial charge < -0.3 is 0 Å². The molecule has 0 aromatic rings. The summed E-state index contributed by atoms with van der Waals surface area (Å²) < 4.78 is 23.3. The molecule has 0 aromatic carbocycles. The lowest BCUT2D eigenvalue weighted by atomic mass is 9.81. The zero-order valence-corrected chi connectivity index (χ0v) is 10.3. The number of hydrogen-bond donors (Lipinski definition) is 0. The van der Waals surface area contributed by atoms with E-state index in [-0.39, 0.29) is 5.25 Å². The molecular formula is C11H22O2S. The van der Waals surface area contributed by atoms with Gasteiger partial charge in [0.15, 0.2) is 9.84 Å². The summed E-state index contributed by atoms with van der Waals surface area (Å²) >= 11 is 0. The molecule has 1 fully saturated rings. The largest absolute Gasteiger partial charge is 0.229 e. The first-order chi connectivity index (χ1) is 6.47. The number of hydrogen-bond acceptors (Lipinski definition) is 2. The van der Waals surface area contributed by atoms with Gasteiger partial charge in [-0.1, -0.05) is 20.8 Å². The van der Waals surface area contributed by atoms with Crippen LogP contribution >= 0.6 is 0 Å². The predicted molar refractivity (Wildman–Crippen MR) is 60.0 cm³/mol. The van der Waals surface area contributed by atoms with E-state index in [2.05, 4.69) is 13.8 Å². The average molecular weight is 218 g/mol. The first-order valence-corrected chi connectivity index (χ1v) is 7.40. The van der Waals surface area contributed by atoms with E-state index in [0.29, 0.717) is 11.7 Å². The first-order valence-electron chi connectivity index (χ1n) is 5.69. The molecule has 0 heterocycles. The number of sulfone groups is 1. The van der Waals surface area contributed by atoms with E-state index in [0.717, 1.165) is 31.6 Å². The summed E-state index contributed by atoms with van der Waals surface area (Å²) in [6.45, 7) is 6.22. The third-order valence-corrected chi connectivity index (χ3v) is 5.86. The molecule has 0 aromatic heterocycles. The highest BCUT2D eigenvalue weighted by Gasteiger charge is 2.30. The van der Waals surface area contributed by atoms with Crippen molar-refractivity contribution in [2.24, 2.45) is 11.8 Å². The van der Waals surface area contributed by atoms with Crippen LogP contribution in [-0.2, 0) is 9.84 Å². The van der Waals surface area contributed by atoms with Crippen molar-refractivity contribution in [3.8, 4) is 0 Å². The molecule has 0 N–H and O–H groups in total. The molecule has 0 amide bonds. The standard InChI is InChI=1S/C11H22O2S/c1-4-14(12,13)11-7-5-10(6-8-11)9(2)3/h9-11H,4-8H2,1-3H3. The molecule has 0 aliphatic heterocycles. The molecule has 3 heteroatoms. The third kappa shape index (κ3) is 2.72. The minimum atomic E-state index is -2.77. The Bertz CT molecular complexity index is 259. The van der Waals surface area contributed by atoms with Crippen LogP contribution in [0.25, 0.3) is 0 Å². The molecule has 0 atom stereocenters. The lowest BCUT2D eigenvalue weighted by molar-refractivity contribution is 0.280. The van der Waals surface area contributed by atoms with Crippen LogP contribution in [0.1, 0.15) is 46.5 Å². The normalized spacial score (nSPS) is 29.4. The van der Waals surface area contributed by atoms with Crippen LogP contribution < -0.4 is 0 Å². The molecular weight excluding hydrogens is 196 g/mol. The van der Waals surface area contributed by atoms with Crippen molar-refractivity contribution in [3.63, 3.8) is 0 Å². The highest BCUT2D eigenvalue weighted by atomic mass is 32.2. The second-order valence-corrected chi connectivity index (χ2v) is 7.30. The van der Waals surface area contributed by atoms with Gasteiger partial charge in [-0.3, -0.25) is 0 Å². The van der Waals surface area contributed by atoms with Crippen LogP contribution in [0.15, 0.2) is 0 Å². The molecule has 84 valence electrons. The smallest absolute Gasteiger partial charge is 0.152 e. The Balaban J connectivity index is 2.52. The van der Waals surface area contributed by atoms with Gasteiger partial charge >= 0.3 is 0 Å². The molecule has 2 nitrogen and oxygen atoms in total. The van der Waals surface area contributed by atoms with Gasteiger partial charge in [0.2, 0.25) is 0 Å². The van der Waals surface area contributed by atoms with Gasteiger partial charge in [0, 0.05) is 5.75 Å². The molecule has 0 radical (unpaired) electrons. The second kappa shape index (κ2) is 4.65. The summed E-state index contributed by atoms with van der Waals surface area (Å²) in [7, 11) is -2.77. The van der Waals surface area contributed by atoms with Crippen molar-refractivity contribution in [1.82, 2.24) is 0 Å². The Hall–Kier alpha value is -0.0500. The van der Waals surface area contributed by atoms with Crippen molar-refractivity contribution in [2.75, 3.05) is 5.75 Å². The fourth-order valence-electron chi connectivity index (χ4n) is 2.35. The first kappa shape index (κ1) is 12.0. The lowest BCUT2D eigenvalue weighted by Gasteiger charge is -2.30. The third-order valence-electron chi connectivity index (χ3n) is 3.57. The Labute approximate surface area is 88.0 Å². The van der Waals surface area contributed by atoms with Crippen molar-refractivity contribution in [3.05, 3.63) is 0 Å². The predicted octanol–water partition coefficient (Wildman–Crippen LogP) is 2.64. The van der Waals surface area contributed by atoms with Crippen LogP contribution in [0, 0.1) is 11.8 Å². The van der Waals surface area contributed by atoms with Crippen LogP contribution in [0.3, 0.4) is 0 Å². The van der Waals surface area contributed by atoms with Crippen molar-refractivity contribution < 1.29 is 8.42 Å². The maximum Gasteiger partial charge on any atom is 0.152 e. The summed E-state index contributed by atoms with van der Waals surface area (Å²) in [6.07, 6.45) is 3.97. The molecule has 0 bridgehead atoms. The summed E-state index contributed by atoms with van der Waals surface area (Å²) in [6, 6.07) is 0. The van der Waals surface area contributed by atoms with E-state index in [1.165, 1.54) is 0 Å². The van der Waals surface area contributed by atoms with Crippen molar-refractivity contribution in [1.29, 1.82) is 0 Å². The van der Waals surface area contributed by atoms with Gasteiger partial charge in [-0.15, -0.1) is 0 Å². The highest BCUT2D eigenvalue weighted by molar-refractivity contribution is 7.92. The number of rotatable bonds is 3. The monoisotopic (exact) mass is 218 g/mol. The fourth-order valence-corrected chi connectivity index (χ4v) is 3.81. The summed E-state index contributed by atoms with van der Waals surface area (Å²) in [4.78, 5) is 0. The van der Waals surface area contributed by atoms with E-state index in [9.17, 15) is 8.42 Å². The molecule has 0 spiro atoms. The maximum atomic E-state index is 11.6. The Morgan fingerprint density at radius 3 is 2.00 bits per heavy atom. The Morgan fingerprint density at radius 1 is 1.14 bits per heavy atom. The van der Waals surface area contributed by atoms with Gasteiger partial charge in [-0.2, -0.15) is 0 Å². The molecule has 1 rings (SSSR count). The van der Waals surface area contributed by atoms with Gasteiger partial charge in [-0.25, -0.2) is 8.42 Å². The molecule has 1 aliphatic carbocycles. The maximum absolute atomic E-state index is 11.6.